The molecule has 0 fully saturated rings. The molecule has 0 aliphatic carbocycles. The molecule has 0 aliphatic heterocycles. The molecule has 22 heavy (non-hydrogen) atoms. The van der Waals surface area contributed by atoms with E-state index in [9.17, 15) is 9.90 Å². The molecular formula is C16H15N3O3. The zero-order valence-corrected chi connectivity index (χ0v) is 12.0. The number of aliphatic hydroxyl groups is 1. The highest BCUT2D eigenvalue weighted by atomic mass is 16.5. The van der Waals surface area contributed by atoms with Gasteiger partial charge in [0.15, 0.2) is 0 Å². The van der Waals surface area contributed by atoms with Gasteiger partial charge in [-0.25, -0.2) is 4.98 Å². The fourth-order valence-electron chi connectivity index (χ4n) is 2.28. The van der Waals surface area contributed by atoms with Gasteiger partial charge in [-0.15, -0.1) is 0 Å². The average molecular weight is 297 g/mol. The van der Waals surface area contributed by atoms with Crippen molar-refractivity contribution in [3.63, 3.8) is 0 Å². The number of hydrogen-bond donors (Lipinski definition) is 1. The minimum atomic E-state index is -0.825. The first-order chi connectivity index (χ1) is 10.7. The summed E-state index contributed by atoms with van der Waals surface area (Å²) in [5, 5.41) is 10.8. The fraction of sp³-hybridized carbons (Fsp3) is 0.188. The molecule has 2 aromatic heterocycles. The summed E-state index contributed by atoms with van der Waals surface area (Å²) in [5.74, 6) is 0.659. The second-order valence-corrected chi connectivity index (χ2v) is 4.89. The number of nitrogens with zero attached hydrogens (tertiary/aromatic N) is 3. The second kappa shape index (κ2) is 5.95. The minimum absolute atomic E-state index is 0.122. The quantitative estimate of drug-likeness (QED) is 0.790. The molecule has 0 bridgehead atoms. The third kappa shape index (κ3) is 2.68. The molecule has 1 unspecified atom stereocenters. The molecule has 2 heterocycles. The van der Waals surface area contributed by atoms with Crippen LogP contribution in [0.4, 0.5) is 0 Å². The van der Waals surface area contributed by atoms with Crippen LogP contribution in [0.1, 0.15) is 11.7 Å². The molecule has 0 saturated heterocycles. The van der Waals surface area contributed by atoms with Crippen LogP contribution in [0.3, 0.4) is 0 Å². The van der Waals surface area contributed by atoms with Crippen LogP contribution in [-0.4, -0.2) is 26.8 Å². The van der Waals surface area contributed by atoms with E-state index in [0.717, 1.165) is 0 Å². The number of methoxy groups -OCH3 is 1. The smallest absolute Gasteiger partial charge is 0.261 e. The highest BCUT2D eigenvalue weighted by molar-refractivity contribution is 5.75. The van der Waals surface area contributed by atoms with Crippen LogP contribution in [0.25, 0.3) is 10.9 Å². The Morgan fingerprint density at radius 3 is 3.05 bits per heavy atom. The van der Waals surface area contributed by atoms with Crippen LogP contribution in [0, 0.1) is 0 Å². The number of fused-ring (bicyclic) bond motifs is 1. The van der Waals surface area contributed by atoms with E-state index in [0.29, 0.717) is 22.2 Å². The fourth-order valence-corrected chi connectivity index (χ4v) is 2.28. The van der Waals surface area contributed by atoms with Gasteiger partial charge in [0, 0.05) is 6.20 Å². The van der Waals surface area contributed by atoms with Gasteiger partial charge in [0.05, 0.1) is 43.2 Å². The van der Waals surface area contributed by atoms with Crippen molar-refractivity contribution in [1.82, 2.24) is 14.5 Å². The van der Waals surface area contributed by atoms with Crippen molar-refractivity contribution < 1.29 is 9.84 Å². The van der Waals surface area contributed by atoms with E-state index in [1.807, 2.05) is 0 Å². The standard InChI is InChI=1S/C16H15N3O3/c1-22-12-4-2-3-11(7-12)15(20)9-19-10-18-14-8-17-6-5-13(14)16(19)21/h2-8,10,15,20H,9H2,1H3. The molecule has 0 radical (unpaired) electrons. The Kier molecular flexibility index (Phi) is 3.84. The van der Waals surface area contributed by atoms with Gasteiger partial charge in [-0.1, -0.05) is 12.1 Å². The Morgan fingerprint density at radius 2 is 2.23 bits per heavy atom. The Hall–Kier alpha value is -2.73. The van der Waals surface area contributed by atoms with Gasteiger partial charge in [-0.05, 0) is 23.8 Å². The van der Waals surface area contributed by atoms with Crippen LogP contribution < -0.4 is 10.3 Å². The largest absolute Gasteiger partial charge is 0.497 e. The monoisotopic (exact) mass is 297 g/mol. The van der Waals surface area contributed by atoms with Gasteiger partial charge in [-0.3, -0.25) is 14.3 Å². The lowest BCUT2D eigenvalue weighted by Crippen LogP contribution is -2.23. The summed E-state index contributed by atoms with van der Waals surface area (Å²) in [6.45, 7) is 0.122. The SMILES string of the molecule is COc1cccc(C(O)Cn2cnc3cnccc3c2=O)c1. The molecule has 0 aliphatic rings. The molecule has 1 aromatic carbocycles. The molecule has 6 nitrogen and oxygen atoms in total. The normalized spacial score (nSPS) is 12.3. The van der Waals surface area contributed by atoms with E-state index in [1.165, 1.54) is 10.9 Å². The van der Waals surface area contributed by atoms with Crippen molar-refractivity contribution in [2.45, 2.75) is 12.6 Å². The van der Waals surface area contributed by atoms with E-state index < -0.39 is 6.10 Å². The Bertz CT molecular complexity index is 860. The Balaban J connectivity index is 1.92. The lowest BCUT2D eigenvalue weighted by molar-refractivity contribution is 0.154. The number of benzene rings is 1. The van der Waals surface area contributed by atoms with E-state index in [2.05, 4.69) is 9.97 Å². The molecule has 1 atom stereocenters. The third-order valence-corrected chi connectivity index (χ3v) is 3.48. The molecule has 0 saturated carbocycles. The highest BCUT2D eigenvalue weighted by Gasteiger charge is 2.12. The van der Waals surface area contributed by atoms with Gasteiger partial charge in [0.1, 0.15) is 5.75 Å². The van der Waals surface area contributed by atoms with Crippen LogP contribution in [0.2, 0.25) is 0 Å². The predicted molar refractivity (Wildman–Crippen MR) is 81.8 cm³/mol. The van der Waals surface area contributed by atoms with Crippen LogP contribution in [0.15, 0.2) is 53.8 Å². The topological polar surface area (TPSA) is 77.2 Å². The van der Waals surface area contributed by atoms with Gasteiger partial charge >= 0.3 is 0 Å². The first-order valence-corrected chi connectivity index (χ1v) is 6.80. The van der Waals surface area contributed by atoms with Crippen molar-refractivity contribution in [1.29, 1.82) is 0 Å². The first kappa shape index (κ1) is 14.2. The van der Waals surface area contributed by atoms with Crippen molar-refractivity contribution in [3.05, 3.63) is 65.0 Å². The number of aromatic nitrogens is 3. The summed E-state index contributed by atoms with van der Waals surface area (Å²) in [6, 6.07) is 8.75. The summed E-state index contributed by atoms with van der Waals surface area (Å²) in [4.78, 5) is 20.5. The zero-order valence-electron chi connectivity index (χ0n) is 12.0. The first-order valence-electron chi connectivity index (χ1n) is 6.80. The summed E-state index contributed by atoms with van der Waals surface area (Å²) >= 11 is 0. The van der Waals surface area contributed by atoms with E-state index in [-0.39, 0.29) is 12.1 Å². The lowest BCUT2D eigenvalue weighted by Gasteiger charge is -2.14. The van der Waals surface area contributed by atoms with Gasteiger partial charge in [0.25, 0.3) is 5.56 Å². The van der Waals surface area contributed by atoms with E-state index in [1.54, 1.807) is 49.8 Å². The lowest BCUT2D eigenvalue weighted by atomic mass is 10.1. The van der Waals surface area contributed by atoms with Crippen LogP contribution >= 0.6 is 0 Å². The average Bonchev–Trinajstić information content (AvgIpc) is 2.57. The maximum Gasteiger partial charge on any atom is 0.261 e. The van der Waals surface area contributed by atoms with Gasteiger partial charge < -0.3 is 9.84 Å². The summed E-state index contributed by atoms with van der Waals surface area (Å²) < 4.78 is 6.53. The molecular weight excluding hydrogens is 282 g/mol. The molecule has 3 rings (SSSR count). The zero-order chi connectivity index (χ0) is 15.5. The minimum Gasteiger partial charge on any atom is -0.497 e. The third-order valence-electron chi connectivity index (χ3n) is 3.48. The van der Waals surface area contributed by atoms with Crippen molar-refractivity contribution >= 4 is 10.9 Å². The number of pyridine rings is 1. The molecule has 0 amide bonds. The van der Waals surface area contributed by atoms with Crippen LogP contribution in [-0.2, 0) is 6.54 Å². The second-order valence-electron chi connectivity index (χ2n) is 4.89. The molecule has 1 N–H and O–H groups in total. The number of ether oxygens (including phenoxy) is 1. The summed E-state index contributed by atoms with van der Waals surface area (Å²) in [5.41, 5.74) is 1.02. The summed E-state index contributed by atoms with van der Waals surface area (Å²) in [7, 11) is 1.57. The molecule has 6 heteroatoms. The van der Waals surface area contributed by atoms with Crippen molar-refractivity contribution in [2.24, 2.45) is 0 Å². The maximum atomic E-state index is 12.4. The summed E-state index contributed by atoms with van der Waals surface area (Å²) in [6.07, 6.45) is 3.69. The Morgan fingerprint density at radius 1 is 1.36 bits per heavy atom. The highest BCUT2D eigenvalue weighted by Crippen LogP contribution is 2.20. The van der Waals surface area contributed by atoms with Crippen molar-refractivity contribution in [3.8, 4) is 5.75 Å². The molecule has 112 valence electrons. The van der Waals surface area contributed by atoms with Crippen LogP contribution in [0.5, 0.6) is 5.75 Å². The molecule has 0 spiro atoms. The number of hydrogen-bond acceptors (Lipinski definition) is 5. The number of rotatable bonds is 4. The van der Waals surface area contributed by atoms with Gasteiger partial charge in [-0.2, -0.15) is 0 Å². The maximum absolute atomic E-state index is 12.4. The van der Waals surface area contributed by atoms with E-state index in [4.69, 9.17) is 4.74 Å². The molecule has 3 aromatic rings. The Labute approximate surface area is 126 Å². The van der Waals surface area contributed by atoms with Crippen molar-refractivity contribution in [2.75, 3.05) is 7.11 Å². The predicted octanol–water partition coefficient (Wildman–Crippen LogP) is 1.53. The number of aliphatic hydroxyl groups excluding tert-OH is 1. The van der Waals surface area contributed by atoms with Gasteiger partial charge in [0.2, 0.25) is 0 Å². The van der Waals surface area contributed by atoms with E-state index >= 15 is 0 Å².